The molecule has 0 radical (unpaired) electrons. The first-order chi connectivity index (χ1) is 9.44. The topological polar surface area (TPSA) is 58.2 Å². The Morgan fingerprint density at radius 2 is 1.95 bits per heavy atom. The maximum Gasteiger partial charge on any atom is 0.216 e. The van der Waals surface area contributed by atoms with Crippen LogP contribution in [0.2, 0.25) is 0 Å². The smallest absolute Gasteiger partial charge is 0.216 e. The molecule has 0 aromatic heterocycles. The monoisotopic (exact) mass is 296 g/mol. The van der Waals surface area contributed by atoms with Gasteiger partial charge in [-0.1, -0.05) is 44.5 Å². The second-order valence-corrected chi connectivity index (χ2v) is 7.61. The van der Waals surface area contributed by atoms with Crippen molar-refractivity contribution in [3.63, 3.8) is 0 Å². The summed E-state index contributed by atoms with van der Waals surface area (Å²) in [5.41, 5.74) is 1.97. The third kappa shape index (κ3) is 4.89. The summed E-state index contributed by atoms with van der Waals surface area (Å²) in [7, 11) is -3.21. The molecule has 112 valence electrons. The van der Waals surface area contributed by atoms with Crippen LogP contribution in [-0.4, -0.2) is 20.5 Å². The van der Waals surface area contributed by atoms with Crippen LogP contribution < -0.4 is 10.0 Å². The molecule has 1 aromatic carbocycles. The Balaban J connectivity index is 1.96. The van der Waals surface area contributed by atoms with Gasteiger partial charge in [0.25, 0.3) is 0 Å². The molecule has 1 fully saturated rings. The maximum atomic E-state index is 12.1. The molecule has 2 N–H and O–H groups in total. The molecule has 0 unspecified atom stereocenters. The van der Waals surface area contributed by atoms with Gasteiger partial charge in [-0.25, -0.2) is 13.1 Å². The van der Waals surface area contributed by atoms with E-state index in [9.17, 15) is 8.42 Å². The van der Waals surface area contributed by atoms with Crippen molar-refractivity contribution in [2.75, 3.05) is 0 Å². The number of sulfonamides is 1. The Kier molecular flexibility index (Phi) is 5.18. The van der Waals surface area contributed by atoms with Gasteiger partial charge in [-0.05, 0) is 24.0 Å². The zero-order valence-corrected chi connectivity index (χ0v) is 13.0. The van der Waals surface area contributed by atoms with Crippen molar-refractivity contribution in [2.24, 2.45) is 0 Å². The molecule has 1 aromatic rings. The number of hydrogen-bond donors (Lipinski definition) is 2. The molecule has 1 aliphatic carbocycles. The van der Waals surface area contributed by atoms with E-state index in [1.54, 1.807) is 0 Å². The summed E-state index contributed by atoms with van der Waals surface area (Å²) >= 11 is 0. The van der Waals surface area contributed by atoms with Crippen molar-refractivity contribution >= 4 is 10.0 Å². The van der Waals surface area contributed by atoms with E-state index in [1.807, 2.05) is 24.3 Å². The van der Waals surface area contributed by atoms with Gasteiger partial charge in [-0.3, -0.25) is 0 Å². The lowest BCUT2D eigenvalue weighted by Gasteiger charge is -2.26. The van der Waals surface area contributed by atoms with Gasteiger partial charge in [0.1, 0.15) is 0 Å². The van der Waals surface area contributed by atoms with Gasteiger partial charge >= 0.3 is 0 Å². The fourth-order valence-corrected chi connectivity index (χ4v) is 3.64. The van der Waals surface area contributed by atoms with Crippen LogP contribution in [0.5, 0.6) is 0 Å². The molecule has 0 bridgehead atoms. The number of benzene rings is 1. The Morgan fingerprint density at radius 1 is 1.25 bits per heavy atom. The van der Waals surface area contributed by atoms with Gasteiger partial charge in [0.05, 0.1) is 5.75 Å². The lowest BCUT2D eigenvalue weighted by molar-refractivity contribution is 0.383. The Hall–Kier alpha value is -0.910. The molecule has 4 nitrogen and oxygen atoms in total. The minimum Gasteiger partial charge on any atom is -0.310 e. The Labute approximate surface area is 122 Å². The van der Waals surface area contributed by atoms with Crippen LogP contribution in [0.4, 0.5) is 0 Å². The summed E-state index contributed by atoms with van der Waals surface area (Å²) < 4.78 is 26.9. The van der Waals surface area contributed by atoms with Gasteiger partial charge < -0.3 is 5.32 Å². The van der Waals surface area contributed by atoms with Crippen LogP contribution >= 0.6 is 0 Å². The van der Waals surface area contributed by atoms with E-state index < -0.39 is 10.0 Å². The average Bonchev–Trinajstić information content (AvgIpc) is 2.31. The second kappa shape index (κ2) is 6.70. The molecular formula is C15H24N2O2S. The molecule has 0 aliphatic heterocycles. The molecule has 20 heavy (non-hydrogen) atoms. The van der Waals surface area contributed by atoms with Gasteiger partial charge in [0.2, 0.25) is 10.0 Å². The third-order valence-corrected chi connectivity index (χ3v) is 4.92. The quantitative estimate of drug-likeness (QED) is 0.810. The molecule has 0 heterocycles. The van der Waals surface area contributed by atoms with Crippen molar-refractivity contribution in [1.29, 1.82) is 0 Å². The zero-order valence-electron chi connectivity index (χ0n) is 12.2. The standard InChI is InChI=1S/C15H24N2O2S/c1-12(2)16-10-13-5-3-6-14(9-13)11-20(18,19)17-15-7-4-8-15/h3,5-6,9,12,15-17H,4,7-8,10-11H2,1-2H3. The molecule has 2 rings (SSSR count). The van der Waals surface area contributed by atoms with Crippen molar-refractivity contribution < 1.29 is 8.42 Å². The molecule has 0 amide bonds. The van der Waals surface area contributed by atoms with Gasteiger partial charge in [-0.2, -0.15) is 0 Å². The summed E-state index contributed by atoms with van der Waals surface area (Å²) in [6, 6.07) is 8.36. The van der Waals surface area contributed by atoms with Gasteiger partial charge in [-0.15, -0.1) is 0 Å². The Morgan fingerprint density at radius 3 is 2.55 bits per heavy atom. The highest BCUT2D eigenvalue weighted by atomic mass is 32.2. The lowest BCUT2D eigenvalue weighted by atomic mass is 9.94. The van der Waals surface area contributed by atoms with E-state index in [4.69, 9.17) is 0 Å². The summed E-state index contributed by atoms with van der Waals surface area (Å²) in [6.07, 6.45) is 3.07. The summed E-state index contributed by atoms with van der Waals surface area (Å²) in [4.78, 5) is 0. The van der Waals surface area contributed by atoms with Crippen LogP contribution in [0.25, 0.3) is 0 Å². The highest BCUT2D eigenvalue weighted by Gasteiger charge is 2.23. The molecular weight excluding hydrogens is 272 g/mol. The van der Waals surface area contributed by atoms with Gasteiger partial charge in [0.15, 0.2) is 0 Å². The number of nitrogens with one attached hydrogen (secondary N) is 2. The van der Waals surface area contributed by atoms with E-state index in [-0.39, 0.29) is 11.8 Å². The number of hydrogen-bond acceptors (Lipinski definition) is 3. The van der Waals surface area contributed by atoms with Crippen LogP contribution in [0.1, 0.15) is 44.2 Å². The predicted molar refractivity (Wildman–Crippen MR) is 81.8 cm³/mol. The van der Waals surface area contributed by atoms with E-state index in [0.29, 0.717) is 6.04 Å². The minimum atomic E-state index is -3.21. The first kappa shape index (κ1) is 15.5. The fourth-order valence-electron chi connectivity index (χ4n) is 2.19. The van der Waals surface area contributed by atoms with Crippen molar-refractivity contribution in [3.8, 4) is 0 Å². The number of rotatable bonds is 7. The van der Waals surface area contributed by atoms with Crippen LogP contribution in [0.3, 0.4) is 0 Å². The molecule has 1 aliphatic rings. The molecule has 1 saturated carbocycles. The molecule has 0 spiro atoms. The van der Waals surface area contributed by atoms with Crippen LogP contribution in [0.15, 0.2) is 24.3 Å². The molecule has 5 heteroatoms. The first-order valence-electron chi connectivity index (χ1n) is 7.26. The highest BCUT2D eigenvalue weighted by Crippen LogP contribution is 2.20. The van der Waals surface area contributed by atoms with Crippen molar-refractivity contribution in [3.05, 3.63) is 35.4 Å². The van der Waals surface area contributed by atoms with Crippen molar-refractivity contribution in [2.45, 2.75) is 57.5 Å². The SMILES string of the molecule is CC(C)NCc1cccc(CS(=O)(=O)NC2CCC2)c1. The predicted octanol–water partition coefficient (Wildman–Crippen LogP) is 2.16. The Bertz CT molecular complexity index is 537. The van der Waals surface area contributed by atoms with Crippen LogP contribution in [-0.2, 0) is 22.3 Å². The fraction of sp³-hybridized carbons (Fsp3) is 0.600. The largest absolute Gasteiger partial charge is 0.310 e. The maximum absolute atomic E-state index is 12.1. The second-order valence-electron chi connectivity index (χ2n) is 5.86. The van der Waals surface area contributed by atoms with E-state index in [2.05, 4.69) is 23.9 Å². The molecule has 0 atom stereocenters. The summed E-state index contributed by atoms with van der Waals surface area (Å²) in [6.45, 7) is 4.95. The van der Waals surface area contributed by atoms with Crippen molar-refractivity contribution in [1.82, 2.24) is 10.0 Å². The van der Waals surface area contributed by atoms with E-state index >= 15 is 0 Å². The van der Waals surface area contributed by atoms with Gasteiger partial charge in [0, 0.05) is 18.6 Å². The average molecular weight is 296 g/mol. The third-order valence-electron chi connectivity index (χ3n) is 3.51. The minimum absolute atomic E-state index is 0.0685. The van der Waals surface area contributed by atoms with Crippen LogP contribution in [0, 0.1) is 0 Å². The lowest BCUT2D eigenvalue weighted by Crippen LogP contribution is -2.40. The summed E-state index contributed by atoms with van der Waals surface area (Å²) in [5.74, 6) is 0.0685. The zero-order chi connectivity index (χ0) is 14.6. The van der Waals surface area contributed by atoms with E-state index in [1.165, 1.54) is 0 Å². The molecule has 0 saturated heterocycles. The normalized spacial score (nSPS) is 16.4. The first-order valence-corrected chi connectivity index (χ1v) is 8.91. The highest BCUT2D eigenvalue weighted by molar-refractivity contribution is 7.88. The van der Waals surface area contributed by atoms with E-state index in [0.717, 1.165) is 36.9 Å². The summed E-state index contributed by atoms with van der Waals surface area (Å²) in [5, 5.41) is 3.34.